The molecule has 1 aromatic carbocycles. The first-order valence-corrected chi connectivity index (χ1v) is 13.3. The number of nitrogens with one attached hydrogen (secondary N) is 1. The Hall–Kier alpha value is -3.94. The van der Waals surface area contributed by atoms with E-state index in [1.54, 1.807) is 0 Å². The lowest BCUT2D eigenvalue weighted by Crippen LogP contribution is -2.65. The van der Waals surface area contributed by atoms with Gasteiger partial charge in [-0.2, -0.15) is 0 Å². The molecule has 2 amide bonds. The summed E-state index contributed by atoms with van der Waals surface area (Å²) in [6.07, 6.45) is 0.0248. The molecule has 3 aliphatic rings. The van der Waals surface area contributed by atoms with E-state index in [1.165, 1.54) is 32.2 Å². The second kappa shape index (κ2) is 10.8. The van der Waals surface area contributed by atoms with Gasteiger partial charge in [-0.15, -0.1) is 0 Å². The molecule has 0 bridgehead atoms. The minimum atomic E-state index is -2.74. The number of hydrogen-bond donors (Lipinski definition) is 6. The Labute approximate surface area is 236 Å². The summed E-state index contributed by atoms with van der Waals surface area (Å²) in [6.45, 7) is 5.11. The topological polar surface area (TPSA) is 203 Å². The van der Waals surface area contributed by atoms with Crippen LogP contribution in [-0.4, -0.2) is 106 Å². The normalized spacial score (nSPS) is 25.7. The number of methoxy groups -OCH3 is 1. The first-order chi connectivity index (χ1) is 19.2. The highest BCUT2D eigenvalue weighted by atomic mass is 16.5. The Morgan fingerprint density at radius 3 is 2.34 bits per heavy atom. The van der Waals surface area contributed by atoms with Crippen LogP contribution in [0.25, 0.3) is 5.76 Å². The number of phenols is 1. The molecule has 7 N–H and O–H groups in total. The molecule has 0 aromatic heterocycles. The Balaban J connectivity index is 1.87. The number of carbonyl (C=O) groups is 4. The van der Waals surface area contributed by atoms with E-state index in [4.69, 9.17) is 10.5 Å². The number of nitrogens with two attached hydrogens (primary N) is 1. The summed E-state index contributed by atoms with van der Waals surface area (Å²) in [6, 6.07) is 0.250. The van der Waals surface area contributed by atoms with E-state index in [0.29, 0.717) is 18.7 Å². The van der Waals surface area contributed by atoms with E-state index in [-0.39, 0.29) is 42.0 Å². The third-order valence-electron chi connectivity index (χ3n) is 8.44. The summed E-state index contributed by atoms with van der Waals surface area (Å²) in [4.78, 5) is 55.3. The van der Waals surface area contributed by atoms with Gasteiger partial charge in [-0.05, 0) is 45.9 Å². The Morgan fingerprint density at radius 1 is 1.17 bits per heavy atom. The van der Waals surface area contributed by atoms with Gasteiger partial charge in [0.15, 0.2) is 17.1 Å². The zero-order valence-electron chi connectivity index (χ0n) is 23.6. The number of Topliss-reactive ketones (excluding diaryl/α,β-unsaturated/α-hetero) is 2. The van der Waals surface area contributed by atoms with Crippen LogP contribution in [-0.2, 0) is 25.6 Å². The van der Waals surface area contributed by atoms with Crippen LogP contribution in [0.1, 0.15) is 31.4 Å². The number of rotatable bonds is 8. The van der Waals surface area contributed by atoms with Gasteiger partial charge in [-0.3, -0.25) is 29.0 Å². The molecule has 0 aliphatic heterocycles. The maximum atomic E-state index is 14.0. The molecule has 0 heterocycles. The van der Waals surface area contributed by atoms with Gasteiger partial charge in [0.1, 0.15) is 22.8 Å². The quantitative estimate of drug-likeness (QED) is 0.184. The lowest BCUT2D eigenvalue weighted by Gasteiger charge is -2.50. The van der Waals surface area contributed by atoms with Crippen molar-refractivity contribution >= 4 is 34.8 Å². The average molecular weight is 573 g/mol. The fourth-order valence-corrected chi connectivity index (χ4v) is 6.39. The van der Waals surface area contributed by atoms with Gasteiger partial charge in [-0.1, -0.05) is 13.8 Å². The molecule has 0 unspecified atom stereocenters. The number of hydrogen-bond acceptors (Lipinski definition) is 11. The smallest absolute Gasteiger partial charge is 0.255 e. The molecule has 0 spiro atoms. The zero-order chi connectivity index (χ0) is 30.5. The summed E-state index contributed by atoms with van der Waals surface area (Å²) >= 11 is 0. The molecule has 0 radical (unpaired) electrons. The molecule has 1 fully saturated rings. The third kappa shape index (κ3) is 4.53. The van der Waals surface area contributed by atoms with Crippen molar-refractivity contribution in [3.8, 4) is 11.5 Å². The van der Waals surface area contributed by atoms with Crippen molar-refractivity contribution in [3.63, 3.8) is 0 Å². The molecule has 13 heteroatoms. The van der Waals surface area contributed by atoms with Crippen molar-refractivity contribution in [2.24, 2.45) is 17.6 Å². The molecular formula is C28H36N4O9. The van der Waals surface area contributed by atoms with E-state index in [1.807, 2.05) is 18.7 Å². The van der Waals surface area contributed by atoms with Crippen LogP contribution in [0.4, 0.5) is 5.69 Å². The summed E-state index contributed by atoms with van der Waals surface area (Å²) in [5, 5.41) is 47.9. The van der Waals surface area contributed by atoms with Crippen molar-refractivity contribution in [3.05, 3.63) is 34.1 Å². The minimum Gasteiger partial charge on any atom is -0.508 e. The third-order valence-corrected chi connectivity index (χ3v) is 8.44. The minimum absolute atomic E-state index is 0.0436. The Kier molecular flexibility index (Phi) is 7.91. The van der Waals surface area contributed by atoms with Crippen LogP contribution < -0.4 is 15.8 Å². The van der Waals surface area contributed by atoms with Crippen LogP contribution in [0.3, 0.4) is 0 Å². The van der Waals surface area contributed by atoms with Gasteiger partial charge in [0, 0.05) is 23.1 Å². The SMILES string of the molecule is CCN(CC)CC(=O)Nc1cc(OC)c2c(c1O)C(O)=C1C(=O)[C@]3(O)C(O)=C(C(N)=O)C(=O)[C@@H](N(C)C)[C@@H]3C[C@@H]1C2. The predicted molar refractivity (Wildman–Crippen MR) is 147 cm³/mol. The molecule has 13 nitrogen and oxygen atoms in total. The number of ether oxygens (including phenoxy) is 1. The fraction of sp³-hybridized carbons (Fsp3) is 0.500. The molecule has 4 atom stereocenters. The first kappa shape index (κ1) is 30.0. The number of carbonyl (C=O) groups excluding carboxylic acids is 4. The van der Waals surface area contributed by atoms with E-state index in [9.17, 15) is 39.6 Å². The number of likely N-dealkylation sites (N-methyl/N-ethyl adjacent to an activating group) is 2. The maximum Gasteiger partial charge on any atom is 0.255 e. The number of benzene rings is 1. The number of aliphatic hydroxyl groups is 3. The lowest BCUT2D eigenvalue weighted by molar-refractivity contribution is -0.153. The standard InChI is InChI=1S/C28H36N4O9/c1-6-32(7-2)11-17(33)30-15-10-16(41-5)13-8-12-9-14-21(31(3)4)24(36)20(27(29)39)26(38)28(14,40)25(37)18(12)23(35)19(13)22(15)34/h10,12,14,21,34-35,38,40H,6-9,11H2,1-5H3,(H2,29,39)(H,30,33)/t12-,14-,21-,28-/m0/s1. The summed E-state index contributed by atoms with van der Waals surface area (Å²) in [7, 11) is 4.44. The number of primary amides is 1. The van der Waals surface area contributed by atoms with Gasteiger partial charge in [0.05, 0.1) is 30.9 Å². The molecule has 1 saturated carbocycles. The number of ketones is 2. The number of fused-ring (bicyclic) bond motifs is 3. The molecule has 0 saturated heterocycles. The summed E-state index contributed by atoms with van der Waals surface area (Å²) in [5.41, 5.74) is 1.58. The van der Waals surface area contributed by atoms with Gasteiger partial charge in [0.2, 0.25) is 11.7 Å². The van der Waals surface area contributed by atoms with Crippen molar-refractivity contribution in [1.82, 2.24) is 9.80 Å². The number of aromatic hydroxyl groups is 1. The maximum absolute atomic E-state index is 14.0. The van der Waals surface area contributed by atoms with Crippen molar-refractivity contribution in [1.29, 1.82) is 0 Å². The Bertz CT molecular complexity index is 1400. The molecular weight excluding hydrogens is 536 g/mol. The number of nitrogens with zero attached hydrogens (tertiary/aromatic N) is 2. The van der Waals surface area contributed by atoms with Crippen LogP contribution in [0, 0.1) is 11.8 Å². The van der Waals surface area contributed by atoms with Gasteiger partial charge in [0.25, 0.3) is 5.91 Å². The molecule has 41 heavy (non-hydrogen) atoms. The predicted octanol–water partition coefficient (Wildman–Crippen LogP) is 0.253. The zero-order valence-corrected chi connectivity index (χ0v) is 23.6. The fourth-order valence-electron chi connectivity index (χ4n) is 6.39. The van der Waals surface area contributed by atoms with Gasteiger partial charge < -0.3 is 36.2 Å². The lowest BCUT2D eigenvalue weighted by atomic mass is 9.57. The van der Waals surface area contributed by atoms with Crippen molar-refractivity contribution in [2.45, 2.75) is 38.3 Å². The van der Waals surface area contributed by atoms with Crippen LogP contribution in [0.5, 0.6) is 11.5 Å². The van der Waals surface area contributed by atoms with Crippen LogP contribution >= 0.6 is 0 Å². The summed E-state index contributed by atoms with van der Waals surface area (Å²) in [5.74, 6) is -7.70. The monoisotopic (exact) mass is 572 g/mol. The second-order valence-corrected chi connectivity index (χ2v) is 10.8. The van der Waals surface area contributed by atoms with Crippen molar-refractivity contribution in [2.75, 3.05) is 46.2 Å². The Morgan fingerprint density at radius 2 is 1.80 bits per heavy atom. The van der Waals surface area contributed by atoms with Gasteiger partial charge >= 0.3 is 0 Å². The first-order valence-electron chi connectivity index (χ1n) is 13.3. The van der Waals surface area contributed by atoms with E-state index < -0.39 is 69.7 Å². The van der Waals surface area contributed by atoms with E-state index in [0.717, 1.165) is 0 Å². The highest BCUT2D eigenvalue weighted by Gasteiger charge is 2.64. The van der Waals surface area contributed by atoms with E-state index in [2.05, 4.69) is 5.32 Å². The average Bonchev–Trinajstić information content (AvgIpc) is 2.90. The van der Waals surface area contributed by atoms with Crippen molar-refractivity contribution < 1.29 is 44.3 Å². The van der Waals surface area contributed by atoms with Crippen LogP contribution in [0.15, 0.2) is 23.0 Å². The van der Waals surface area contributed by atoms with E-state index >= 15 is 0 Å². The number of phenolic OH excluding ortho intramolecular Hbond substituents is 1. The number of aliphatic hydroxyl groups excluding tert-OH is 2. The molecule has 3 aliphatic carbocycles. The second-order valence-electron chi connectivity index (χ2n) is 10.8. The molecule has 4 rings (SSSR count). The van der Waals surface area contributed by atoms with Gasteiger partial charge in [-0.25, -0.2) is 0 Å². The molecule has 1 aromatic rings. The highest BCUT2D eigenvalue weighted by molar-refractivity contribution is 6.24. The van der Waals surface area contributed by atoms with Crippen LogP contribution in [0.2, 0.25) is 0 Å². The molecule has 222 valence electrons. The highest BCUT2D eigenvalue weighted by Crippen LogP contribution is 2.54. The number of amides is 2. The number of anilines is 1. The largest absolute Gasteiger partial charge is 0.508 e. The summed E-state index contributed by atoms with van der Waals surface area (Å²) < 4.78 is 5.53.